The summed E-state index contributed by atoms with van der Waals surface area (Å²) in [6, 6.07) is 0. The smallest absolute Gasteiger partial charge is 0.397 e. The lowest BCUT2D eigenvalue weighted by Crippen LogP contribution is -2.10. The van der Waals surface area contributed by atoms with Crippen LogP contribution < -0.4 is 0 Å². The van der Waals surface area contributed by atoms with Crippen LogP contribution in [-0.4, -0.2) is 24.6 Å². The summed E-state index contributed by atoms with van der Waals surface area (Å²) in [7, 11) is -4.22. The van der Waals surface area contributed by atoms with Crippen LogP contribution in [0, 0.1) is 0 Å². The third-order valence-corrected chi connectivity index (χ3v) is 0.942. The highest BCUT2D eigenvalue weighted by molar-refractivity contribution is 7.80. The summed E-state index contributed by atoms with van der Waals surface area (Å²) >= 11 is 0. The van der Waals surface area contributed by atoms with Crippen LogP contribution in [0.3, 0.4) is 0 Å². The topological polar surface area (TPSA) is 95.1 Å². The van der Waals surface area contributed by atoms with Crippen LogP contribution in [0.4, 0.5) is 0 Å². The third-order valence-electron chi connectivity index (χ3n) is 0.314. The molecule has 0 aliphatic heterocycles. The maximum Gasteiger partial charge on any atom is 0.397 e. The summed E-state index contributed by atoms with van der Waals surface area (Å²) in [5.74, 6) is 0. The Morgan fingerprint density at radius 3 is 1.78 bits per heavy atom. The molecule has 0 heterocycles. The second-order valence-electron chi connectivity index (χ2n) is 1.57. The van der Waals surface area contributed by atoms with Crippen molar-refractivity contribution in [1.29, 1.82) is 0 Å². The van der Waals surface area contributed by atoms with Gasteiger partial charge in [-0.2, -0.15) is 8.42 Å². The fourth-order valence-corrected chi connectivity index (χ4v) is 0.730. The number of rotatable bonds is 2. The van der Waals surface area contributed by atoms with E-state index in [0.717, 1.165) is 0 Å². The minimum atomic E-state index is -4.22. The van der Waals surface area contributed by atoms with Gasteiger partial charge in [-0.3, -0.25) is 4.55 Å². The fraction of sp³-hybridized carbons (Fsp3) is 1.00. The van der Waals surface area contributed by atoms with Crippen LogP contribution in [0.15, 0.2) is 0 Å². The molecule has 0 aliphatic carbocycles. The molecule has 9 heavy (non-hydrogen) atoms. The third kappa shape index (κ3) is 11.4. The van der Waals surface area contributed by atoms with Crippen molar-refractivity contribution in [3.05, 3.63) is 0 Å². The largest absolute Gasteiger partial charge is 0.412 e. The first-order chi connectivity index (χ1) is 3.42. The van der Waals surface area contributed by atoms with E-state index in [2.05, 4.69) is 4.18 Å². The Labute approximate surface area is 53.9 Å². The van der Waals surface area contributed by atoms with Crippen molar-refractivity contribution in [2.75, 3.05) is 0 Å². The van der Waals surface area contributed by atoms with Gasteiger partial charge in [-0.1, -0.05) is 0 Å². The van der Waals surface area contributed by atoms with E-state index in [1.807, 2.05) is 0 Å². The van der Waals surface area contributed by atoms with Crippen molar-refractivity contribution < 1.29 is 22.6 Å². The van der Waals surface area contributed by atoms with E-state index in [9.17, 15) is 8.42 Å². The highest BCUT2D eigenvalue weighted by atomic mass is 32.3. The quantitative estimate of drug-likeness (QED) is 0.542. The second-order valence-corrected chi connectivity index (χ2v) is 2.62. The zero-order chi connectivity index (χ0) is 6.78. The maximum absolute atomic E-state index is 9.78. The van der Waals surface area contributed by atoms with E-state index in [4.69, 9.17) is 4.55 Å². The van der Waals surface area contributed by atoms with Crippen LogP contribution in [0.25, 0.3) is 0 Å². The van der Waals surface area contributed by atoms with E-state index in [0.29, 0.717) is 0 Å². The molecule has 5 nitrogen and oxygen atoms in total. The van der Waals surface area contributed by atoms with E-state index >= 15 is 0 Å². The summed E-state index contributed by atoms with van der Waals surface area (Å²) in [5, 5.41) is 0. The molecule has 58 valence electrons. The Hall–Kier alpha value is -0.170. The highest BCUT2D eigenvalue weighted by Crippen LogP contribution is 1.92. The predicted molar refractivity (Wildman–Crippen MR) is 31.4 cm³/mol. The lowest BCUT2D eigenvalue weighted by molar-refractivity contribution is 0.213. The zero-order valence-electron chi connectivity index (χ0n) is 5.16. The van der Waals surface area contributed by atoms with Gasteiger partial charge in [0.25, 0.3) is 0 Å². The summed E-state index contributed by atoms with van der Waals surface area (Å²) < 4.78 is 31.5. The summed E-state index contributed by atoms with van der Waals surface area (Å²) in [5.41, 5.74) is 0. The molecular weight excluding hydrogens is 148 g/mol. The molecule has 0 radical (unpaired) electrons. The van der Waals surface area contributed by atoms with Gasteiger partial charge in [-0.05, 0) is 13.8 Å². The van der Waals surface area contributed by atoms with Gasteiger partial charge in [0, 0.05) is 0 Å². The molecule has 0 aromatic rings. The second kappa shape index (κ2) is 3.78. The standard InChI is InChI=1S/C3H8O4S.H2O/c1-3(2)7-8(4,5)6;/h3H,1-2H3,(H,4,5,6);1H2. The van der Waals surface area contributed by atoms with E-state index < -0.39 is 16.5 Å². The number of hydrogen-bond donors (Lipinski definition) is 1. The summed E-state index contributed by atoms with van der Waals surface area (Å²) in [4.78, 5) is 0. The summed E-state index contributed by atoms with van der Waals surface area (Å²) in [6.07, 6.45) is -0.495. The van der Waals surface area contributed by atoms with Gasteiger partial charge in [-0.15, -0.1) is 0 Å². The molecule has 3 N–H and O–H groups in total. The van der Waals surface area contributed by atoms with E-state index in [1.165, 1.54) is 13.8 Å². The molecule has 0 aromatic heterocycles. The fourth-order valence-electron chi connectivity index (χ4n) is 0.243. The molecule has 0 aliphatic rings. The van der Waals surface area contributed by atoms with Crippen molar-refractivity contribution in [1.82, 2.24) is 0 Å². The van der Waals surface area contributed by atoms with Crippen LogP contribution in [0.2, 0.25) is 0 Å². The van der Waals surface area contributed by atoms with Gasteiger partial charge in [0.2, 0.25) is 0 Å². The molecule has 0 saturated heterocycles. The lowest BCUT2D eigenvalue weighted by atomic mass is 10.5. The number of hydrogen-bond acceptors (Lipinski definition) is 3. The maximum atomic E-state index is 9.78. The molecule has 6 heteroatoms. The first-order valence-corrected chi connectivity index (χ1v) is 3.44. The van der Waals surface area contributed by atoms with Gasteiger partial charge in [0.15, 0.2) is 0 Å². The Balaban J connectivity index is 0. The molecular formula is C3H10O5S. The van der Waals surface area contributed by atoms with Crippen molar-refractivity contribution in [3.63, 3.8) is 0 Å². The van der Waals surface area contributed by atoms with Gasteiger partial charge >= 0.3 is 10.4 Å². The SMILES string of the molecule is CC(C)OS(=O)(=O)O.O. The van der Waals surface area contributed by atoms with Crippen LogP contribution in [-0.2, 0) is 14.6 Å². The molecule has 0 bridgehead atoms. The van der Waals surface area contributed by atoms with Gasteiger partial charge in [0.1, 0.15) is 0 Å². The van der Waals surface area contributed by atoms with Crippen LogP contribution in [0.5, 0.6) is 0 Å². The van der Waals surface area contributed by atoms with Crippen LogP contribution in [0.1, 0.15) is 13.8 Å². The normalized spacial score (nSPS) is 11.1. The van der Waals surface area contributed by atoms with Crippen molar-refractivity contribution in [2.45, 2.75) is 20.0 Å². The zero-order valence-corrected chi connectivity index (χ0v) is 5.97. The molecule has 0 saturated carbocycles. The van der Waals surface area contributed by atoms with E-state index in [-0.39, 0.29) is 5.48 Å². The minimum Gasteiger partial charge on any atom is -0.412 e. The Morgan fingerprint density at radius 2 is 1.78 bits per heavy atom. The molecule has 0 unspecified atom stereocenters. The van der Waals surface area contributed by atoms with Crippen molar-refractivity contribution in [3.8, 4) is 0 Å². The Morgan fingerprint density at radius 1 is 1.44 bits per heavy atom. The lowest BCUT2D eigenvalue weighted by Gasteiger charge is -1.99. The predicted octanol–water partition coefficient (Wildman–Crippen LogP) is -0.611. The molecule has 0 spiro atoms. The molecule has 0 fully saturated rings. The van der Waals surface area contributed by atoms with Crippen molar-refractivity contribution in [2.24, 2.45) is 0 Å². The van der Waals surface area contributed by atoms with E-state index in [1.54, 1.807) is 0 Å². The first kappa shape index (κ1) is 11.6. The molecule has 0 amide bonds. The molecule has 0 rings (SSSR count). The highest BCUT2D eigenvalue weighted by Gasteiger charge is 2.05. The van der Waals surface area contributed by atoms with Gasteiger partial charge in [0.05, 0.1) is 6.10 Å². The first-order valence-electron chi connectivity index (χ1n) is 2.07. The minimum absolute atomic E-state index is 0. The average molecular weight is 158 g/mol. The Bertz CT molecular complexity index is 146. The van der Waals surface area contributed by atoms with Crippen molar-refractivity contribution >= 4 is 10.4 Å². The van der Waals surface area contributed by atoms with Gasteiger partial charge in [-0.25, -0.2) is 4.18 Å². The summed E-state index contributed by atoms with van der Waals surface area (Å²) in [6.45, 7) is 3.02. The van der Waals surface area contributed by atoms with Crippen LogP contribution >= 0.6 is 0 Å². The molecule has 0 atom stereocenters. The van der Waals surface area contributed by atoms with Gasteiger partial charge < -0.3 is 5.48 Å². The Kier molecular flexibility index (Phi) is 4.87. The monoisotopic (exact) mass is 158 g/mol. The molecule has 0 aromatic carbocycles. The average Bonchev–Trinajstić information content (AvgIpc) is 1.21.